The predicted octanol–water partition coefficient (Wildman–Crippen LogP) is 5.44. The number of hydrogen-bond acceptors (Lipinski definition) is 5. The molecule has 0 fully saturated rings. The average molecular weight is 391 g/mol. The first kappa shape index (κ1) is 18.6. The lowest BCUT2D eigenvalue weighted by molar-refractivity contribution is 0.298. The smallest absolute Gasteiger partial charge is 0.178 e. The van der Waals surface area contributed by atoms with Crippen LogP contribution >= 0.6 is 0 Å². The topological polar surface area (TPSA) is 64.7 Å². The van der Waals surface area contributed by atoms with Gasteiger partial charge in [-0.3, -0.25) is 0 Å². The number of rotatable bonds is 6. The Morgan fingerprint density at radius 3 is 2.55 bits per heavy atom. The third kappa shape index (κ3) is 3.78. The normalized spacial score (nSPS) is 10.7. The monoisotopic (exact) mass is 391 g/mol. The van der Waals surface area contributed by atoms with Crippen LogP contribution in [0.4, 0.5) is 4.39 Å². The van der Waals surface area contributed by atoms with Crippen molar-refractivity contribution in [2.24, 2.45) is 0 Å². The Kier molecular flexibility index (Phi) is 5.16. The summed E-state index contributed by atoms with van der Waals surface area (Å²) in [4.78, 5) is 0. The number of aromatic hydroxyl groups is 1. The van der Waals surface area contributed by atoms with E-state index in [4.69, 9.17) is 14.0 Å². The van der Waals surface area contributed by atoms with E-state index >= 15 is 0 Å². The van der Waals surface area contributed by atoms with E-state index in [1.165, 1.54) is 12.1 Å². The van der Waals surface area contributed by atoms with Crippen molar-refractivity contribution in [3.63, 3.8) is 0 Å². The fraction of sp³-hybridized carbons (Fsp3) is 0.0870. The summed E-state index contributed by atoms with van der Waals surface area (Å²) in [7, 11) is 1.59. The standard InChI is InChI=1S/C23H18FNO4/c1-27-22-9-5-3-7-17(22)19-13-25-29-23(19)18-11-10-16(12-21(18)26)28-14-15-6-2-4-8-20(15)24/h2-13,26H,14H2,1H3. The van der Waals surface area contributed by atoms with E-state index in [-0.39, 0.29) is 18.2 Å². The van der Waals surface area contributed by atoms with Gasteiger partial charge in [-0.2, -0.15) is 0 Å². The van der Waals surface area contributed by atoms with Gasteiger partial charge in [-0.05, 0) is 24.3 Å². The highest BCUT2D eigenvalue weighted by Crippen LogP contribution is 2.41. The number of ether oxygens (including phenoxy) is 2. The number of aromatic nitrogens is 1. The molecule has 0 unspecified atom stereocenters. The zero-order chi connectivity index (χ0) is 20.2. The summed E-state index contributed by atoms with van der Waals surface area (Å²) in [5.41, 5.74) is 2.38. The van der Waals surface area contributed by atoms with E-state index in [0.29, 0.717) is 33.9 Å². The van der Waals surface area contributed by atoms with Gasteiger partial charge < -0.3 is 19.1 Å². The molecule has 0 atom stereocenters. The number of phenols is 1. The summed E-state index contributed by atoms with van der Waals surface area (Å²) in [5.74, 6) is 1.11. The quantitative estimate of drug-likeness (QED) is 0.474. The van der Waals surface area contributed by atoms with Gasteiger partial charge in [0.1, 0.15) is 29.7 Å². The molecule has 0 aliphatic rings. The molecule has 6 heteroatoms. The number of phenolic OH excluding ortho intramolecular Hbond substituents is 1. The molecule has 0 amide bonds. The van der Waals surface area contributed by atoms with Crippen molar-refractivity contribution >= 4 is 0 Å². The second-order valence-electron chi connectivity index (χ2n) is 6.33. The highest BCUT2D eigenvalue weighted by Gasteiger charge is 2.19. The Balaban J connectivity index is 1.61. The van der Waals surface area contributed by atoms with Crippen LogP contribution in [0.25, 0.3) is 22.5 Å². The highest BCUT2D eigenvalue weighted by molar-refractivity contribution is 5.84. The van der Waals surface area contributed by atoms with Crippen molar-refractivity contribution in [2.45, 2.75) is 6.61 Å². The summed E-state index contributed by atoms with van der Waals surface area (Å²) in [6, 6.07) is 18.7. The van der Waals surface area contributed by atoms with Crippen LogP contribution in [0.1, 0.15) is 5.56 Å². The first-order valence-corrected chi connectivity index (χ1v) is 8.95. The van der Waals surface area contributed by atoms with Crippen LogP contribution in [-0.4, -0.2) is 17.4 Å². The van der Waals surface area contributed by atoms with Gasteiger partial charge in [-0.1, -0.05) is 41.6 Å². The van der Waals surface area contributed by atoms with Crippen molar-refractivity contribution in [1.29, 1.82) is 0 Å². The molecule has 0 radical (unpaired) electrons. The molecule has 4 aromatic rings. The molecule has 0 saturated carbocycles. The van der Waals surface area contributed by atoms with Crippen molar-refractivity contribution in [3.8, 4) is 39.7 Å². The maximum absolute atomic E-state index is 13.7. The van der Waals surface area contributed by atoms with Crippen LogP contribution in [0.3, 0.4) is 0 Å². The van der Waals surface area contributed by atoms with E-state index in [1.54, 1.807) is 43.6 Å². The van der Waals surface area contributed by atoms with Crippen LogP contribution < -0.4 is 9.47 Å². The van der Waals surface area contributed by atoms with Gasteiger partial charge in [0.25, 0.3) is 0 Å². The number of hydrogen-bond donors (Lipinski definition) is 1. The van der Waals surface area contributed by atoms with Crippen LogP contribution in [0.2, 0.25) is 0 Å². The van der Waals surface area contributed by atoms with Crippen molar-refractivity contribution < 1.29 is 23.5 Å². The molecule has 4 rings (SSSR count). The van der Waals surface area contributed by atoms with Gasteiger partial charge in [0, 0.05) is 17.2 Å². The maximum Gasteiger partial charge on any atom is 0.178 e. The van der Waals surface area contributed by atoms with Crippen molar-refractivity contribution in [1.82, 2.24) is 5.16 Å². The number of halogens is 1. The lowest BCUT2D eigenvalue weighted by Crippen LogP contribution is -1.98. The van der Waals surface area contributed by atoms with E-state index in [9.17, 15) is 9.50 Å². The van der Waals surface area contributed by atoms with Crippen LogP contribution in [0.15, 0.2) is 77.4 Å². The lowest BCUT2D eigenvalue weighted by atomic mass is 10.0. The molecule has 0 aliphatic heterocycles. The lowest BCUT2D eigenvalue weighted by Gasteiger charge is -2.10. The van der Waals surface area contributed by atoms with Gasteiger partial charge >= 0.3 is 0 Å². The highest BCUT2D eigenvalue weighted by atomic mass is 19.1. The minimum Gasteiger partial charge on any atom is -0.507 e. The second kappa shape index (κ2) is 8.06. The van der Waals surface area contributed by atoms with Crippen molar-refractivity contribution in [3.05, 3.63) is 84.3 Å². The first-order chi connectivity index (χ1) is 14.2. The molecule has 1 heterocycles. The number of benzene rings is 3. The number of nitrogens with zero attached hydrogens (tertiary/aromatic N) is 1. The molecule has 1 N–H and O–H groups in total. The van der Waals surface area contributed by atoms with Crippen LogP contribution in [0.5, 0.6) is 17.2 Å². The van der Waals surface area contributed by atoms with Crippen LogP contribution in [0, 0.1) is 5.82 Å². The molecule has 0 aliphatic carbocycles. The molecule has 0 spiro atoms. The van der Waals surface area contributed by atoms with Gasteiger partial charge in [-0.25, -0.2) is 4.39 Å². The average Bonchev–Trinajstić information content (AvgIpc) is 3.22. The van der Waals surface area contributed by atoms with Gasteiger partial charge in [0.05, 0.1) is 24.4 Å². The molecule has 146 valence electrons. The summed E-state index contributed by atoms with van der Waals surface area (Å²) in [6.07, 6.45) is 1.58. The third-order valence-electron chi connectivity index (χ3n) is 4.53. The Morgan fingerprint density at radius 1 is 0.966 bits per heavy atom. The molecule has 5 nitrogen and oxygen atoms in total. The molecule has 29 heavy (non-hydrogen) atoms. The summed E-state index contributed by atoms with van der Waals surface area (Å²) >= 11 is 0. The van der Waals surface area contributed by atoms with Crippen molar-refractivity contribution in [2.75, 3.05) is 7.11 Å². The molecule has 0 saturated heterocycles. The predicted molar refractivity (Wildman–Crippen MR) is 106 cm³/mol. The maximum atomic E-state index is 13.7. The van der Waals surface area contributed by atoms with E-state index in [0.717, 1.165) is 5.56 Å². The van der Waals surface area contributed by atoms with E-state index in [1.807, 2.05) is 24.3 Å². The van der Waals surface area contributed by atoms with Gasteiger partial charge in [-0.15, -0.1) is 0 Å². The summed E-state index contributed by atoms with van der Waals surface area (Å²) in [6.45, 7) is 0.0558. The fourth-order valence-electron chi connectivity index (χ4n) is 3.06. The zero-order valence-electron chi connectivity index (χ0n) is 15.6. The first-order valence-electron chi connectivity index (χ1n) is 8.95. The van der Waals surface area contributed by atoms with E-state index in [2.05, 4.69) is 5.16 Å². The molecule has 0 bridgehead atoms. The van der Waals surface area contributed by atoms with Gasteiger partial charge in [0.15, 0.2) is 5.76 Å². The van der Waals surface area contributed by atoms with E-state index < -0.39 is 0 Å². The van der Waals surface area contributed by atoms with Gasteiger partial charge in [0.2, 0.25) is 0 Å². The molecular formula is C23H18FNO4. The zero-order valence-corrected chi connectivity index (χ0v) is 15.6. The Morgan fingerprint density at radius 2 is 1.76 bits per heavy atom. The summed E-state index contributed by atoms with van der Waals surface area (Å²) in [5, 5.41) is 14.4. The minimum atomic E-state index is -0.337. The number of para-hydroxylation sites is 1. The molecule has 1 aromatic heterocycles. The Hall–Kier alpha value is -3.80. The Labute approximate surface area is 166 Å². The summed E-state index contributed by atoms with van der Waals surface area (Å²) < 4.78 is 30.2. The Bertz CT molecular complexity index is 1140. The SMILES string of the molecule is COc1ccccc1-c1cnoc1-c1ccc(OCc2ccccc2F)cc1O. The second-order valence-corrected chi connectivity index (χ2v) is 6.33. The fourth-order valence-corrected chi connectivity index (χ4v) is 3.06. The number of methoxy groups -OCH3 is 1. The largest absolute Gasteiger partial charge is 0.507 e. The third-order valence-corrected chi connectivity index (χ3v) is 4.53. The minimum absolute atomic E-state index is 0.0380. The van der Waals surface area contributed by atoms with Crippen LogP contribution in [-0.2, 0) is 6.61 Å². The molecular weight excluding hydrogens is 373 g/mol. The molecule has 3 aromatic carbocycles.